The molecule has 1 atom stereocenters. The van der Waals surface area contributed by atoms with E-state index in [1.54, 1.807) is 12.1 Å². The van der Waals surface area contributed by atoms with Gasteiger partial charge in [-0.05, 0) is 54.8 Å². The lowest BCUT2D eigenvalue weighted by Gasteiger charge is -2.27. The Morgan fingerprint density at radius 1 is 1.04 bits per heavy atom. The Labute approximate surface area is 158 Å². The fourth-order valence-corrected chi connectivity index (χ4v) is 4.26. The highest BCUT2D eigenvalue weighted by atomic mass is 32.2. The summed E-state index contributed by atoms with van der Waals surface area (Å²) in [6, 6.07) is 11.9. The number of hydrogen-bond acceptors (Lipinski definition) is 5. The maximum absolute atomic E-state index is 13.0. The first-order valence-corrected chi connectivity index (χ1v) is 10.8. The lowest BCUT2D eigenvalue weighted by molar-refractivity contribution is 0.0735. The molecule has 0 spiro atoms. The number of ether oxygens (including phenoxy) is 2. The summed E-state index contributed by atoms with van der Waals surface area (Å²) in [7, 11) is -3.28. The van der Waals surface area contributed by atoms with Crippen LogP contribution in [0.5, 0.6) is 11.5 Å². The van der Waals surface area contributed by atoms with Crippen LogP contribution in [0, 0.1) is 0 Å². The molecule has 0 N–H and O–H groups in total. The van der Waals surface area contributed by atoms with Gasteiger partial charge in [0.15, 0.2) is 21.3 Å². The van der Waals surface area contributed by atoms with E-state index in [9.17, 15) is 13.2 Å². The number of likely N-dealkylation sites (tertiary alicyclic amines) is 1. The largest absolute Gasteiger partial charge is 0.486 e. The molecule has 0 aromatic heterocycles. The van der Waals surface area contributed by atoms with Gasteiger partial charge in [-0.1, -0.05) is 6.07 Å². The van der Waals surface area contributed by atoms with Crippen molar-refractivity contribution in [1.82, 2.24) is 4.90 Å². The minimum Gasteiger partial charge on any atom is -0.486 e. The van der Waals surface area contributed by atoms with Crippen molar-refractivity contribution in [3.63, 3.8) is 0 Å². The minimum atomic E-state index is -3.28. The molecule has 7 heteroatoms. The van der Waals surface area contributed by atoms with E-state index >= 15 is 0 Å². The summed E-state index contributed by atoms with van der Waals surface area (Å²) in [5.74, 6) is 1.36. The van der Waals surface area contributed by atoms with E-state index in [1.807, 2.05) is 23.1 Å². The Morgan fingerprint density at radius 3 is 2.44 bits per heavy atom. The summed E-state index contributed by atoms with van der Waals surface area (Å²) >= 11 is 0. The highest BCUT2D eigenvalue weighted by molar-refractivity contribution is 7.90. The van der Waals surface area contributed by atoms with Crippen molar-refractivity contribution in [2.24, 2.45) is 0 Å². The third-order valence-corrected chi connectivity index (χ3v) is 6.12. The molecule has 2 aliphatic heterocycles. The SMILES string of the molecule is CS(=O)(=O)c1ccc(C(=O)N2CCC[C@H]2c2ccc3c(c2)OCCO3)cc1. The van der Waals surface area contributed by atoms with E-state index < -0.39 is 9.84 Å². The van der Waals surface area contributed by atoms with Crippen LogP contribution in [-0.2, 0) is 9.84 Å². The molecule has 2 heterocycles. The van der Waals surface area contributed by atoms with Gasteiger partial charge in [0, 0.05) is 18.4 Å². The predicted octanol–water partition coefficient (Wildman–Crippen LogP) is 2.84. The highest BCUT2D eigenvalue weighted by Gasteiger charge is 2.31. The normalized spacial score (nSPS) is 19.1. The molecule has 1 saturated heterocycles. The molecule has 1 amide bonds. The van der Waals surface area contributed by atoms with Gasteiger partial charge < -0.3 is 14.4 Å². The van der Waals surface area contributed by atoms with Crippen LogP contribution in [0.25, 0.3) is 0 Å². The molecule has 0 bridgehead atoms. The van der Waals surface area contributed by atoms with E-state index in [0.717, 1.165) is 36.2 Å². The van der Waals surface area contributed by atoms with Crippen LogP contribution in [-0.4, -0.2) is 45.2 Å². The Balaban J connectivity index is 1.58. The summed E-state index contributed by atoms with van der Waals surface area (Å²) in [6.07, 6.45) is 2.96. The Hall–Kier alpha value is -2.54. The minimum absolute atomic E-state index is 0.0251. The number of hydrogen-bond donors (Lipinski definition) is 0. The average molecular weight is 387 g/mol. The zero-order chi connectivity index (χ0) is 19.0. The second-order valence-electron chi connectivity index (χ2n) is 6.86. The molecule has 2 aromatic rings. The zero-order valence-corrected chi connectivity index (χ0v) is 15.9. The van der Waals surface area contributed by atoms with Gasteiger partial charge in [-0.2, -0.15) is 0 Å². The van der Waals surface area contributed by atoms with Crippen molar-refractivity contribution in [1.29, 1.82) is 0 Å². The number of carbonyl (C=O) groups is 1. The van der Waals surface area contributed by atoms with E-state index in [2.05, 4.69) is 0 Å². The fraction of sp³-hybridized carbons (Fsp3) is 0.350. The summed E-state index contributed by atoms with van der Waals surface area (Å²) in [5, 5.41) is 0. The molecule has 2 aromatic carbocycles. The molecule has 0 radical (unpaired) electrons. The second-order valence-corrected chi connectivity index (χ2v) is 8.87. The van der Waals surface area contributed by atoms with Crippen LogP contribution in [0.1, 0.15) is 34.8 Å². The molecule has 27 heavy (non-hydrogen) atoms. The van der Waals surface area contributed by atoms with Gasteiger partial charge in [0.1, 0.15) is 13.2 Å². The topological polar surface area (TPSA) is 72.9 Å². The van der Waals surface area contributed by atoms with Crippen molar-refractivity contribution in [3.8, 4) is 11.5 Å². The van der Waals surface area contributed by atoms with E-state index in [-0.39, 0.29) is 16.8 Å². The summed E-state index contributed by atoms with van der Waals surface area (Å²) in [5.41, 5.74) is 1.52. The average Bonchev–Trinajstić information content (AvgIpc) is 3.16. The molecular formula is C20H21NO5S. The maximum Gasteiger partial charge on any atom is 0.254 e. The van der Waals surface area contributed by atoms with Crippen LogP contribution in [0.15, 0.2) is 47.4 Å². The van der Waals surface area contributed by atoms with Crippen LogP contribution >= 0.6 is 0 Å². The Kier molecular flexibility index (Phi) is 4.55. The standard InChI is InChI=1S/C20H21NO5S/c1-27(23,24)16-7-4-14(5-8-16)20(22)21-10-2-3-17(21)15-6-9-18-19(13-15)26-12-11-25-18/h4-9,13,17H,2-3,10-12H2,1H3/t17-/m0/s1. The van der Waals surface area contributed by atoms with Crippen molar-refractivity contribution < 1.29 is 22.7 Å². The van der Waals surface area contributed by atoms with Crippen LogP contribution < -0.4 is 9.47 Å². The molecule has 0 unspecified atom stereocenters. The number of fused-ring (bicyclic) bond motifs is 1. The van der Waals surface area contributed by atoms with E-state index in [4.69, 9.17) is 9.47 Å². The van der Waals surface area contributed by atoms with Crippen molar-refractivity contribution in [2.45, 2.75) is 23.8 Å². The lowest BCUT2D eigenvalue weighted by Crippen LogP contribution is -2.30. The summed E-state index contributed by atoms with van der Waals surface area (Å²) < 4.78 is 34.4. The van der Waals surface area contributed by atoms with Crippen molar-refractivity contribution in [2.75, 3.05) is 26.0 Å². The lowest BCUT2D eigenvalue weighted by atomic mass is 10.0. The number of benzene rings is 2. The van der Waals surface area contributed by atoms with Crippen LogP contribution in [0.2, 0.25) is 0 Å². The van der Waals surface area contributed by atoms with Crippen molar-refractivity contribution >= 4 is 15.7 Å². The number of sulfone groups is 1. The third-order valence-electron chi connectivity index (χ3n) is 4.99. The number of amides is 1. The van der Waals surface area contributed by atoms with Gasteiger partial charge in [0.25, 0.3) is 5.91 Å². The van der Waals surface area contributed by atoms with Crippen LogP contribution in [0.4, 0.5) is 0 Å². The summed E-state index contributed by atoms with van der Waals surface area (Å²) in [6.45, 7) is 1.74. The molecule has 2 aliphatic rings. The number of carbonyl (C=O) groups excluding carboxylic acids is 1. The van der Waals surface area contributed by atoms with Crippen molar-refractivity contribution in [3.05, 3.63) is 53.6 Å². The van der Waals surface area contributed by atoms with Gasteiger partial charge in [0.2, 0.25) is 0 Å². The van der Waals surface area contributed by atoms with Gasteiger partial charge in [-0.15, -0.1) is 0 Å². The van der Waals surface area contributed by atoms with Gasteiger partial charge in [-0.25, -0.2) is 8.42 Å². The Morgan fingerprint density at radius 2 is 1.74 bits per heavy atom. The smallest absolute Gasteiger partial charge is 0.254 e. The first-order chi connectivity index (χ1) is 12.9. The molecule has 4 rings (SSSR count). The fourth-order valence-electron chi connectivity index (χ4n) is 3.63. The van der Waals surface area contributed by atoms with Gasteiger partial charge in [-0.3, -0.25) is 4.79 Å². The number of nitrogens with zero attached hydrogens (tertiary/aromatic N) is 1. The second kappa shape index (κ2) is 6.88. The predicted molar refractivity (Wildman–Crippen MR) is 100.0 cm³/mol. The van der Waals surface area contributed by atoms with E-state index in [1.165, 1.54) is 12.1 Å². The van der Waals surface area contributed by atoms with Crippen LogP contribution in [0.3, 0.4) is 0 Å². The zero-order valence-electron chi connectivity index (χ0n) is 15.1. The quantitative estimate of drug-likeness (QED) is 0.810. The van der Waals surface area contributed by atoms with Gasteiger partial charge in [0.05, 0.1) is 10.9 Å². The third kappa shape index (κ3) is 3.51. The molecule has 0 aliphatic carbocycles. The first kappa shape index (κ1) is 17.9. The monoisotopic (exact) mass is 387 g/mol. The molecule has 1 fully saturated rings. The van der Waals surface area contributed by atoms with E-state index in [0.29, 0.717) is 25.3 Å². The first-order valence-electron chi connectivity index (χ1n) is 8.94. The maximum atomic E-state index is 13.0. The van der Waals surface area contributed by atoms with Gasteiger partial charge >= 0.3 is 0 Å². The molecule has 6 nitrogen and oxygen atoms in total. The molecule has 0 saturated carbocycles. The molecule has 142 valence electrons. The molecular weight excluding hydrogens is 366 g/mol. The highest BCUT2D eigenvalue weighted by Crippen LogP contribution is 2.38. The number of rotatable bonds is 3. The summed E-state index contributed by atoms with van der Waals surface area (Å²) in [4.78, 5) is 15.1. The Bertz CT molecular complexity index is 968.